The van der Waals surface area contributed by atoms with E-state index < -0.39 is 47.9 Å². The molecule has 0 fully saturated rings. The summed E-state index contributed by atoms with van der Waals surface area (Å²) in [6, 6.07) is 9.35. The monoisotopic (exact) mass is 609 g/mol. The maximum atomic E-state index is 13.2. The Labute approximate surface area is 233 Å². The minimum absolute atomic E-state index is 0.0318. The fourth-order valence-corrected chi connectivity index (χ4v) is 5.72. The molecule has 0 saturated heterocycles. The Balaban J connectivity index is 1.78. The summed E-state index contributed by atoms with van der Waals surface area (Å²) in [5, 5.41) is 14.7. The van der Waals surface area contributed by atoms with Crippen LogP contribution in [0.3, 0.4) is 0 Å². The molecule has 2 atom stereocenters. The summed E-state index contributed by atoms with van der Waals surface area (Å²) in [4.78, 5) is 29.1. The summed E-state index contributed by atoms with van der Waals surface area (Å²) >= 11 is 12.3. The Morgan fingerprint density at radius 1 is 1.18 bits per heavy atom. The normalized spacial score (nSPS) is 12.9. The highest BCUT2D eigenvalue weighted by Crippen LogP contribution is 2.39. The van der Waals surface area contributed by atoms with Gasteiger partial charge in [0.2, 0.25) is 0 Å². The molecule has 0 aliphatic rings. The average Bonchev–Trinajstić information content (AvgIpc) is 3.26. The van der Waals surface area contributed by atoms with Gasteiger partial charge in [0.15, 0.2) is 11.5 Å². The number of alkyl halides is 4. The minimum atomic E-state index is -4.49. The van der Waals surface area contributed by atoms with Gasteiger partial charge in [0, 0.05) is 17.0 Å². The molecular formula is C25H23Cl2F4N2O5S+. The van der Waals surface area contributed by atoms with Crippen molar-refractivity contribution in [2.75, 3.05) is 13.7 Å². The molecule has 2 unspecified atom stereocenters. The molecule has 2 aromatic carbocycles. The van der Waals surface area contributed by atoms with Gasteiger partial charge in [-0.25, -0.2) is 18.4 Å². The minimum Gasteiger partial charge on any atom is -0.496 e. The summed E-state index contributed by atoms with van der Waals surface area (Å²) in [6.45, 7) is -0.0396. The maximum Gasteiger partial charge on any atom is 0.458 e. The molecular weight excluding hydrogens is 587 g/mol. The number of hydrogen-bond donors (Lipinski definition) is 2. The van der Waals surface area contributed by atoms with Crippen molar-refractivity contribution in [2.24, 2.45) is 0 Å². The van der Waals surface area contributed by atoms with Gasteiger partial charge in [-0.1, -0.05) is 35.3 Å². The zero-order valence-electron chi connectivity index (χ0n) is 20.5. The number of carboxylic acid groups (broad SMARTS) is 1. The standard InChI is InChI=1S/C25H22Cl2F4N2O5S/c1-13-11-39(21(33-13)17-5-4-16(26)9-18(17)27)24(36)32-10-15-7-14(3-6-19(15)37-2)8-20(22(34)35)38-12-25(30,31)23(28)29/h3-7,9,11,20,23H,8,10,12H2,1-2H3,(H-,32,34,35,36)/p+1. The fraction of sp³-hybridized carbons (Fsp3) is 0.320. The third-order valence-corrected chi connectivity index (χ3v) is 7.79. The van der Waals surface area contributed by atoms with Crippen LogP contribution in [0.25, 0.3) is 10.6 Å². The molecule has 14 heteroatoms. The number of aryl methyl sites for hydroxylation is 1. The lowest BCUT2D eigenvalue weighted by atomic mass is 10.0. The van der Waals surface area contributed by atoms with Gasteiger partial charge >= 0.3 is 23.6 Å². The molecule has 39 heavy (non-hydrogen) atoms. The number of aliphatic carboxylic acids is 1. The van der Waals surface area contributed by atoms with Crippen LogP contribution in [0.2, 0.25) is 10.0 Å². The number of amides is 1. The lowest BCUT2D eigenvalue weighted by Gasteiger charge is -2.19. The van der Waals surface area contributed by atoms with Gasteiger partial charge in [-0.05, 0) is 36.8 Å². The number of nitrogens with one attached hydrogen (secondary N) is 1. The predicted octanol–water partition coefficient (Wildman–Crippen LogP) is 6.79. The van der Waals surface area contributed by atoms with Crippen LogP contribution in [0.5, 0.6) is 5.75 Å². The van der Waals surface area contributed by atoms with Gasteiger partial charge in [0.05, 0.1) is 29.9 Å². The number of benzene rings is 2. The van der Waals surface area contributed by atoms with E-state index >= 15 is 0 Å². The number of aromatic nitrogens is 1. The molecule has 2 N–H and O–H groups in total. The van der Waals surface area contributed by atoms with E-state index in [0.29, 0.717) is 43.2 Å². The molecule has 0 spiro atoms. The van der Waals surface area contributed by atoms with Crippen molar-refractivity contribution in [3.63, 3.8) is 0 Å². The number of carboxylic acids is 1. The zero-order valence-corrected chi connectivity index (χ0v) is 22.8. The Bertz CT molecular complexity index is 1360. The van der Waals surface area contributed by atoms with E-state index in [-0.39, 0.29) is 11.8 Å². The summed E-state index contributed by atoms with van der Waals surface area (Å²) in [7, 11) is 0.311. The van der Waals surface area contributed by atoms with Gasteiger partial charge in [-0.3, -0.25) is 0 Å². The van der Waals surface area contributed by atoms with Crippen molar-refractivity contribution < 1.29 is 41.7 Å². The van der Waals surface area contributed by atoms with Crippen LogP contribution in [0.4, 0.5) is 22.4 Å². The largest absolute Gasteiger partial charge is 0.496 e. The number of methoxy groups -OCH3 is 1. The molecule has 7 nitrogen and oxygen atoms in total. The molecule has 210 valence electrons. The first-order chi connectivity index (χ1) is 18.3. The molecule has 0 aliphatic carbocycles. The lowest BCUT2D eigenvalue weighted by molar-refractivity contribution is -0.185. The number of thiazole rings is 1. The SMILES string of the molecule is COc1ccc(CC(OCC(F)(F)C(F)F)C(=O)O)cc1CNC(=O)[s+]1cc(C)nc1-c1ccc(Cl)cc1Cl. The molecule has 0 bridgehead atoms. The van der Waals surface area contributed by atoms with E-state index in [4.69, 9.17) is 27.9 Å². The first-order valence-corrected chi connectivity index (χ1v) is 13.3. The molecule has 0 radical (unpaired) electrons. The fourth-order valence-electron chi connectivity index (χ4n) is 3.49. The van der Waals surface area contributed by atoms with Crippen LogP contribution < -0.4 is 10.1 Å². The van der Waals surface area contributed by atoms with E-state index in [1.165, 1.54) is 25.3 Å². The topological polar surface area (TPSA) is 97.8 Å². The van der Waals surface area contributed by atoms with E-state index in [9.17, 15) is 32.3 Å². The maximum absolute atomic E-state index is 13.2. The number of carbonyl (C=O) groups excluding carboxylic acids is 1. The van der Waals surface area contributed by atoms with E-state index in [1.54, 1.807) is 30.5 Å². The molecule has 1 aromatic heterocycles. The average molecular weight is 610 g/mol. The smallest absolute Gasteiger partial charge is 0.458 e. The van der Waals surface area contributed by atoms with Crippen LogP contribution in [0.1, 0.15) is 16.8 Å². The number of hydrogen-bond acceptors (Lipinski definition) is 5. The molecule has 0 saturated carbocycles. The first kappa shape index (κ1) is 30.6. The summed E-state index contributed by atoms with van der Waals surface area (Å²) < 4.78 is 61.2. The van der Waals surface area contributed by atoms with Crippen LogP contribution in [0.15, 0.2) is 41.8 Å². The van der Waals surface area contributed by atoms with E-state index in [1.807, 2.05) is 0 Å². The molecule has 1 heterocycles. The number of carbonyl (C=O) groups is 2. The molecule has 0 aliphatic heterocycles. The first-order valence-electron chi connectivity index (χ1n) is 11.2. The van der Waals surface area contributed by atoms with Crippen molar-refractivity contribution in [3.8, 4) is 16.3 Å². The van der Waals surface area contributed by atoms with Crippen LogP contribution in [-0.4, -0.2) is 53.5 Å². The van der Waals surface area contributed by atoms with Gasteiger partial charge < -0.3 is 19.9 Å². The van der Waals surface area contributed by atoms with Crippen LogP contribution in [-0.2, 0) is 22.5 Å². The number of rotatable bonds is 12. The zero-order chi connectivity index (χ0) is 28.9. The number of ether oxygens (including phenoxy) is 2. The second kappa shape index (κ2) is 12.9. The molecule has 3 rings (SSSR count). The van der Waals surface area contributed by atoms with Crippen molar-refractivity contribution >= 4 is 44.9 Å². The quantitative estimate of drug-likeness (QED) is 0.173. The summed E-state index contributed by atoms with van der Waals surface area (Å²) in [5.41, 5.74) is 1.98. The second-order valence-electron chi connectivity index (χ2n) is 8.33. The Hall–Kier alpha value is -2.93. The number of nitrogens with zero attached hydrogens (tertiary/aromatic N) is 1. The van der Waals surface area contributed by atoms with Gasteiger partial charge in [-0.15, -0.1) is 0 Å². The Morgan fingerprint density at radius 2 is 1.90 bits per heavy atom. The summed E-state index contributed by atoms with van der Waals surface area (Å²) in [6.07, 6.45) is -6.19. The molecule has 1 amide bonds. The van der Waals surface area contributed by atoms with Crippen molar-refractivity contribution in [2.45, 2.75) is 38.3 Å². The Morgan fingerprint density at radius 3 is 2.51 bits per heavy atom. The molecule has 3 aromatic rings. The highest BCUT2D eigenvalue weighted by Gasteiger charge is 2.42. The lowest BCUT2D eigenvalue weighted by Crippen LogP contribution is -2.37. The van der Waals surface area contributed by atoms with Crippen LogP contribution >= 0.6 is 33.7 Å². The third-order valence-electron chi connectivity index (χ3n) is 5.40. The Kier molecular flexibility index (Phi) is 10.2. The number of halogens is 6. The van der Waals surface area contributed by atoms with Crippen LogP contribution in [0, 0.1) is 6.92 Å². The predicted molar refractivity (Wildman–Crippen MR) is 140 cm³/mol. The summed E-state index contributed by atoms with van der Waals surface area (Å²) in [5.74, 6) is -5.72. The van der Waals surface area contributed by atoms with Crippen molar-refractivity contribution in [1.82, 2.24) is 10.3 Å². The second-order valence-corrected chi connectivity index (χ2v) is 10.8. The highest BCUT2D eigenvalue weighted by atomic mass is 35.5. The van der Waals surface area contributed by atoms with E-state index in [2.05, 4.69) is 15.0 Å². The highest BCUT2D eigenvalue weighted by molar-refractivity contribution is 7.52. The van der Waals surface area contributed by atoms with E-state index in [0.717, 1.165) is 0 Å². The third kappa shape index (κ3) is 7.81. The van der Waals surface area contributed by atoms with Gasteiger partial charge in [-0.2, -0.15) is 13.8 Å². The van der Waals surface area contributed by atoms with Crippen molar-refractivity contribution in [3.05, 3.63) is 68.6 Å². The van der Waals surface area contributed by atoms with Gasteiger partial charge in [0.1, 0.15) is 22.8 Å². The van der Waals surface area contributed by atoms with Crippen molar-refractivity contribution in [1.29, 1.82) is 0 Å². The van der Waals surface area contributed by atoms with Gasteiger partial charge in [0.25, 0.3) is 5.01 Å².